The monoisotopic (exact) mass is 259 g/mol. The van der Waals surface area contributed by atoms with Crippen LogP contribution >= 0.6 is 0 Å². The molecule has 1 fully saturated rings. The highest BCUT2D eigenvalue weighted by Gasteiger charge is 2.33. The second-order valence-electron chi connectivity index (χ2n) is 4.77. The normalized spacial score (nSPS) is 14.4. The van der Waals surface area contributed by atoms with Gasteiger partial charge in [0.05, 0.1) is 11.8 Å². The lowest BCUT2D eigenvalue weighted by molar-refractivity contribution is 0.0727. The number of amides is 1. The van der Waals surface area contributed by atoms with Gasteiger partial charge in [-0.3, -0.25) is 4.79 Å². The van der Waals surface area contributed by atoms with E-state index >= 15 is 0 Å². The van der Waals surface area contributed by atoms with Crippen LogP contribution in [0.3, 0.4) is 0 Å². The van der Waals surface area contributed by atoms with E-state index in [2.05, 4.69) is 0 Å². The lowest BCUT2D eigenvalue weighted by Crippen LogP contribution is -2.32. The van der Waals surface area contributed by atoms with E-state index < -0.39 is 0 Å². The summed E-state index contributed by atoms with van der Waals surface area (Å²) in [5, 5.41) is 0. The van der Waals surface area contributed by atoms with Crippen LogP contribution in [0.2, 0.25) is 0 Å². The van der Waals surface area contributed by atoms with Gasteiger partial charge in [-0.05, 0) is 25.0 Å². The van der Waals surface area contributed by atoms with Gasteiger partial charge in [0.25, 0.3) is 5.91 Å². The Kier molecular flexibility index (Phi) is 3.07. The van der Waals surface area contributed by atoms with E-state index in [0.717, 1.165) is 12.8 Å². The Morgan fingerprint density at radius 2 is 2.11 bits per heavy atom. The van der Waals surface area contributed by atoms with Crippen molar-refractivity contribution in [2.75, 3.05) is 0 Å². The van der Waals surface area contributed by atoms with Gasteiger partial charge in [0.15, 0.2) is 0 Å². The van der Waals surface area contributed by atoms with Crippen LogP contribution in [0.5, 0.6) is 0 Å². The summed E-state index contributed by atoms with van der Waals surface area (Å²) >= 11 is 0. The minimum absolute atomic E-state index is 0.0977. The predicted molar refractivity (Wildman–Crippen MR) is 68.0 cm³/mol. The van der Waals surface area contributed by atoms with Crippen LogP contribution in [0, 0.1) is 5.82 Å². The number of furan rings is 1. The third-order valence-electron chi connectivity index (χ3n) is 3.32. The van der Waals surface area contributed by atoms with Crippen LogP contribution in [-0.4, -0.2) is 16.8 Å². The summed E-state index contributed by atoms with van der Waals surface area (Å²) in [5.74, 6) is -0.368. The molecular formula is C15H14FNO2. The van der Waals surface area contributed by atoms with Gasteiger partial charge >= 0.3 is 0 Å². The Hall–Kier alpha value is -2.10. The van der Waals surface area contributed by atoms with Gasteiger partial charge in [0, 0.05) is 18.2 Å². The van der Waals surface area contributed by atoms with Crippen LogP contribution in [-0.2, 0) is 6.54 Å². The second-order valence-corrected chi connectivity index (χ2v) is 4.77. The largest absolute Gasteiger partial charge is 0.472 e. The Bertz CT molecular complexity index is 576. The topological polar surface area (TPSA) is 33.5 Å². The molecule has 4 heteroatoms. The number of rotatable bonds is 4. The zero-order valence-electron chi connectivity index (χ0n) is 10.4. The molecule has 1 aliphatic carbocycles. The quantitative estimate of drug-likeness (QED) is 0.844. The number of benzene rings is 1. The number of hydrogen-bond acceptors (Lipinski definition) is 2. The highest BCUT2D eigenvalue weighted by atomic mass is 19.1. The maximum atomic E-state index is 13.7. The summed E-state index contributed by atoms with van der Waals surface area (Å²) in [6.07, 6.45) is 4.87. The highest BCUT2D eigenvalue weighted by molar-refractivity contribution is 5.94. The average Bonchev–Trinajstić information content (AvgIpc) is 3.11. The van der Waals surface area contributed by atoms with Crippen molar-refractivity contribution in [3.05, 3.63) is 59.8 Å². The van der Waals surface area contributed by atoms with Crippen LogP contribution in [0.15, 0.2) is 47.3 Å². The first kappa shape index (κ1) is 12.0. The smallest absolute Gasteiger partial charge is 0.257 e. The summed E-state index contributed by atoms with van der Waals surface area (Å²) in [7, 11) is 0. The van der Waals surface area contributed by atoms with Gasteiger partial charge in [-0.25, -0.2) is 4.39 Å². The van der Waals surface area contributed by atoms with Crippen molar-refractivity contribution in [1.29, 1.82) is 0 Å². The summed E-state index contributed by atoms with van der Waals surface area (Å²) in [5.41, 5.74) is 1.06. The van der Waals surface area contributed by atoms with Crippen molar-refractivity contribution >= 4 is 5.91 Å². The lowest BCUT2D eigenvalue weighted by Gasteiger charge is -2.22. The molecule has 0 N–H and O–H groups in total. The van der Waals surface area contributed by atoms with Gasteiger partial charge in [-0.15, -0.1) is 0 Å². The molecule has 98 valence electrons. The maximum absolute atomic E-state index is 13.7. The molecule has 0 unspecified atom stereocenters. The zero-order chi connectivity index (χ0) is 13.2. The first-order chi connectivity index (χ1) is 9.25. The molecule has 3 rings (SSSR count). The van der Waals surface area contributed by atoms with E-state index in [9.17, 15) is 9.18 Å². The fourth-order valence-electron chi connectivity index (χ4n) is 2.12. The Balaban J connectivity index is 1.82. The number of halogens is 1. The minimum atomic E-state index is -0.270. The average molecular weight is 259 g/mol. The molecule has 0 bridgehead atoms. The summed E-state index contributed by atoms with van der Waals surface area (Å²) < 4.78 is 18.6. The van der Waals surface area contributed by atoms with E-state index in [0.29, 0.717) is 17.7 Å². The van der Waals surface area contributed by atoms with Crippen molar-refractivity contribution in [3.8, 4) is 0 Å². The second kappa shape index (κ2) is 4.88. The minimum Gasteiger partial charge on any atom is -0.472 e. The third kappa shape index (κ3) is 2.52. The van der Waals surface area contributed by atoms with Crippen LogP contribution in [0.1, 0.15) is 28.8 Å². The molecule has 2 aromatic rings. The maximum Gasteiger partial charge on any atom is 0.257 e. The molecule has 1 saturated carbocycles. The SMILES string of the molecule is O=C(c1ccoc1)N(Cc1ccccc1F)C1CC1. The molecule has 1 amide bonds. The fourth-order valence-corrected chi connectivity index (χ4v) is 2.12. The molecule has 0 atom stereocenters. The fraction of sp³-hybridized carbons (Fsp3) is 0.267. The zero-order valence-corrected chi connectivity index (χ0v) is 10.4. The van der Waals surface area contributed by atoms with E-state index in [1.54, 1.807) is 29.2 Å². The number of carbonyl (C=O) groups excluding carboxylic acids is 1. The van der Waals surface area contributed by atoms with Gasteiger partial charge in [0.2, 0.25) is 0 Å². The van der Waals surface area contributed by atoms with Crippen LogP contribution < -0.4 is 0 Å². The van der Waals surface area contributed by atoms with E-state index in [1.165, 1.54) is 18.6 Å². The summed E-state index contributed by atoms with van der Waals surface area (Å²) in [6.45, 7) is 0.307. The van der Waals surface area contributed by atoms with E-state index in [-0.39, 0.29) is 17.8 Å². The molecule has 3 nitrogen and oxygen atoms in total. The highest BCUT2D eigenvalue weighted by Crippen LogP contribution is 2.30. The molecule has 0 radical (unpaired) electrons. The number of carbonyl (C=O) groups is 1. The van der Waals surface area contributed by atoms with E-state index in [4.69, 9.17) is 4.42 Å². The molecule has 0 saturated heterocycles. The predicted octanol–water partition coefficient (Wildman–Crippen LogP) is 3.22. The van der Waals surface area contributed by atoms with Gasteiger partial charge < -0.3 is 9.32 Å². The Morgan fingerprint density at radius 1 is 1.32 bits per heavy atom. The molecule has 0 aliphatic heterocycles. The number of hydrogen-bond donors (Lipinski definition) is 0. The molecular weight excluding hydrogens is 245 g/mol. The first-order valence-electron chi connectivity index (χ1n) is 6.32. The van der Waals surface area contributed by atoms with Crippen LogP contribution in [0.25, 0.3) is 0 Å². The summed E-state index contributed by atoms with van der Waals surface area (Å²) in [4.78, 5) is 14.1. The third-order valence-corrected chi connectivity index (χ3v) is 3.32. The summed E-state index contributed by atoms with van der Waals surface area (Å²) in [6, 6.07) is 8.43. The van der Waals surface area contributed by atoms with Crippen LogP contribution in [0.4, 0.5) is 4.39 Å². The molecule has 1 aromatic carbocycles. The standard InChI is InChI=1S/C15H14FNO2/c16-14-4-2-1-3-11(14)9-17(13-5-6-13)15(18)12-7-8-19-10-12/h1-4,7-8,10,13H,5-6,9H2. The Labute approximate surface area is 110 Å². The number of nitrogens with zero attached hydrogens (tertiary/aromatic N) is 1. The van der Waals surface area contributed by atoms with Crippen molar-refractivity contribution in [2.45, 2.75) is 25.4 Å². The van der Waals surface area contributed by atoms with Crippen molar-refractivity contribution in [3.63, 3.8) is 0 Å². The van der Waals surface area contributed by atoms with Gasteiger partial charge in [-0.2, -0.15) is 0 Å². The Morgan fingerprint density at radius 3 is 2.74 bits per heavy atom. The molecule has 1 aliphatic rings. The molecule has 19 heavy (non-hydrogen) atoms. The molecule has 1 heterocycles. The van der Waals surface area contributed by atoms with E-state index in [1.807, 2.05) is 0 Å². The van der Waals surface area contributed by atoms with Crippen molar-refractivity contribution in [1.82, 2.24) is 4.90 Å². The lowest BCUT2D eigenvalue weighted by atomic mass is 10.2. The van der Waals surface area contributed by atoms with Crippen molar-refractivity contribution < 1.29 is 13.6 Å². The van der Waals surface area contributed by atoms with Crippen molar-refractivity contribution in [2.24, 2.45) is 0 Å². The van der Waals surface area contributed by atoms with Gasteiger partial charge in [0.1, 0.15) is 12.1 Å². The molecule has 1 aromatic heterocycles. The van der Waals surface area contributed by atoms with Gasteiger partial charge in [-0.1, -0.05) is 18.2 Å². The molecule has 0 spiro atoms. The first-order valence-corrected chi connectivity index (χ1v) is 6.32.